The lowest BCUT2D eigenvalue weighted by Gasteiger charge is -2.25. The number of ether oxygens (including phenoxy) is 1. The molecule has 0 saturated carbocycles. The minimum atomic E-state index is -0.814. The van der Waals surface area contributed by atoms with Gasteiger partial charge < -0.3 is 15.6 Å². The Morgan fingerprint density at radius 1 is 1.47 bits per heavy atom. The zero-order valence-corrected chi connectivity index (χ0v) is 11.8. The van der Waals surface area contributed by atoms with Gasteiger partial charge in [-0.15, -0.1) is 0 Å². The van der Waals surface area contributed by atoms with Gasteiger partial charge in [0.2, 0.25) is 0 Å². The topological polar surface area (TPSA) is 72.5 Å². The number of benzene rings is 1. The minimum Gasteiger partial charge on any atom is -0.481 e. The molecule has 0 aromatic heterocycles. The molecule has 1 unspecified atom stereocenters. The smallest absolute Gasteiger partial charge is 0.303 e. The average molecular weight is 265 g/mol. The lowest BCUT2D eigenvalue weighted by atomic mass is 9.84. The molecule has 106 valence electrons. The van der Waals surface area contributed by atoms with Crippen LogP contribution >= 0.6 is 0 Å². The van der Waals surface area contributed by atoms with Crippen LogP contribution in [0.5, 0.6) is 0 Å². The highest BCUT2D eigenvalue weighted by Gasteiger charge is 2.21. The monoisotopic (exact) mass is 265 g/mol. The Labute approximate surface area is 114 Å². The maximum atomic E-state index is 10.6. The number of carboxylic acid groups (broad SMARTS) is 1. The molecule has 19 heavy (non-hydrogen) atoms. The highest BCUT2D eigenvalue weighted by Crippen LogP contribution is 2.26. The van der Waals surface area contributed by atoms with Crippen LogP contribution in [-0.4, -0.2) is 24.8 Å². The number of carboxylic acids is 1. The van der Waals surface area contributed by atoms with Crippen molar-refractivity contribution in [2.75, 3.05) is 13.7 Å². The Balaban J connectivity index is 2.84. The fraction of sp³-hybridized carbons (Fsp3) is 0.533. The van der Waals surface area contributed by atoms with E-state index in [0.717, 1.165) is 11.1 Å². The molecule has 0 aliphatic rings. The number of rotatable bonds is 7. The summed E-state index contributed by atoms with van der Waals surface area (Å²) < 4.78 is 5.23. The third kappa shape index (κ3) is 4.65. The van der Waals surface area contributed by atoms with Crippen LogP contribution in [0.4, 0.5) is 0 Å². The van der Waals surface area contributed by atoms with Gasteiger partial charge in [0, 0.05) is 25.0 Å². The number of hydrogen-bond donors (Lipinski definition) is 2. The van der Waals surface area contributed by atoms with E-state index in [1.807, 2.05) is 24.3 Å². The normalized spacial score (nSPS) is 13.3. The Morgan fingerprint density at radius 2 is 2.16 bits per heavy atom. The maximum absolute atomic E-state index is 10.6. The molecule has 0 aliphatic heterocycles. The molecule has 0 aliphatic carbocycles. The summed E-state index contributed by atoms with van der Waals surface area (Å²) in [5.41, 5.74) is 8.07. The second kappa shape index (κ2) is 6.68. The average Bonchev–Trinajstić information content (AvgIpc) is 2.36. The third-order valence-corrected chi connectivity index (χ3v) is 3.27. The lowest BCUT2D eigenvalue weighted by molar-refractivity contribution is -0.137. The van der Waals surface area contributed by atoms with Crippen LogP contribution in [-0.2, 0) is 14.9 Å². The Bertz CT molecular complexity index is 429. The molecule has 0 saturated heterocycles. The van der Waals surface area contributed by atoms with Gasteiger partial charge in [-0.1, -0.05) is 38.1 Å². The summed E-state index contributed by atoms with van der Waals surface area (Å²) in [6, 6.07) is 7.76. The van der Waals surface area contributed by atoms with Gasteiger partial charge in [0.25, 0.3) is 0 Å². The zero-order chi connectivity index (χ0) is 14.5. The van der Waals surface area contributed by atoms with E-state index in [0.29, 0.717) is 13.0 Å². The first-order valence-corrected chi connectivity index (χ1v) is 6.43. The molecule has 1 atom stereocenters. The molecular weight excluding hydrogens is 242 g/mol. The molecule has 1 aromatic rings. The lowest BCUT2D eigenvalue weighted by Crippen LogP contribution is -2.24. The quantitative estimate of drug-likeness (QED) is 0.794. The molecule has 0 radical (unpaired) electrons. The molecule has 0 bridgehead atoms. The SMILES string of the molecule is COCC(C)(C)c1cccc(C(N)CCC(=O)O)c1. The van der Waals surface area contributed by atoms with E-state index >= 15 is 0 Å². The Morgan fingerprint density at radius 3 is 2.74 bits per heavy atom. The summed E-state index contributed by atoms with van der Waals surface area (Å²) in [5.74, 6) is -0.814. The fourth-order valence-electron chi connectivity index (χ4n) is 2.08. The van der Waals surface area contributed by atoms with Crippen LogP contribution < -0.4 is 5.73 Å². The highest BCUT2D eigenvalue weighted by atomic mass is 16.5. The van der Waals surface area contributed by atoms with Gasteiger partial charge in [-0.2, -0.15) is 0 Å². The van der Waals surface area contributed by atoms with Gasteiger partial charge in [0.15, 0.2) is 0 Å². The van der Waals surface area contributed by atoms with E-state index < -0.39 is 5.97 Å². The van der Waals surface area contributed by atoms with E-state index in [-0.39, 0.29) is 17.9 Å². The van der Waals surface area contributed by atoms with Crippen LogP contribution in [0, 0.1) is 0 Å². The molecule has 0 fully saturated rings. The van der Waals surface area contributed by atoms with Crippen molar-refractivity contribution in [1.82, 2.24) is 0 Å². The molecule has 0 spiro atoms. The van der Waals surface area contributed by atoms with Crippen LogP contribution in [0.2, 0.25) is 0 Å². The second-order valence-electron chi connectivity index (χ2n) is 5.48. The summed E-state index contributed by atoms with van der Waals surface area (Å²) in [6.07, 6.45) is 0.538. The van der Waals surface area contributed by atoms with Gasteiger partial charge in [0.1, 0.15) is 0 Å². The Hall–Kier alpha value is -1.39. The predicted molar refractivity (Wildman–Crippen MR) is 75.1 cm³/mol. The van der Waals surface area contributed by atoms with Crippen molar-refractivity contribution in [2.24, 2.45) is 5.73 Å². The van der Waals surface area contributed by atoms with E-state index in [1.165, 1.54) is 0 Å². The van der Waals surface area contributed by atoms with Crippen molar-refractivity contribution < 1.29 is 14.6 Å². The molecule has 4 heteroatoms. The zero-order valence-electron chi connectivity index (χ0n) is 11.8. The van der Waals surface area contributed by atoms with E-state index in [2.05, 4.69) is 13.8 Å². The van der Waals surface area contributed by atoms with Crippen LogP contribution in [0.1, 0.15) is 43.9 Å². The molecule has 1 aromatic carbocycles. The van der Waals surface area contributed by atoms with Crippen LogP contribution in [0.15, 0.2) is 24.3 Å². The molecular formula is C15H23NO3. The summed E-state index contributed by atoms with van der Waals surface area (Å²) >= 11 is 0. The fourth-order valence-corrected chi connectivity index (χ4v) is 2.08. The van der Waals surface area contributed by atoms with Gasteiger partial charge in [-0.3, -0.25) is 4.79 Å². The number of methoxy groups -OCH3 is 1. The predicted octanol–water partition coefficient (Wildman–Crippen LogP) is 2.48. The molecule has 1 rings (SSSR count). The number of hydrogen-bond acceptors (Lipinski definition) is 3. The largest absolute Gasteiger partial charge is 0.481 e. The molecule has 0 amide bonds. The third-order valence-electron chi connectivity index (χ3n) is 3.27. The van der Waals surface area contributed by atoms with Gasteiger partial charge in [-0.25, -0.2) is 0 Å². The Kier molecular flexibility index (Phi) is 5.51. The van der Waals surface area contributed by atoms with Crippen molar-refractivity contribution in [1.29, 1.82) is 0 Å². The molecule has 4 nitrogen and oxygen atoms in total. The van der Waals surface area contributed by atoms with Crippen molar-refractivity contribution >= 4 is 5.97 Å². The van der Waals surface area contributed by atoms with Crippen molar-refractivity contribution in [3.05, 3.63) is 35.4 Å². The second-order valence-corrected chi connectivity index (χ2v) is 5.48. The van der Waals surface area contributed by atoms with E-state index in [4.69, 9.17) is 15.6 Å². The van der Waals surface area contributed by atoms with Crippen molar-refractivity contribution in [3.63, 3.8) is 0 Å². The van der Waals surface area contributed by atoms with E-state index in [1.54, 1.807) is 7.11 Å². The number of nitrogens with two attached hydrogens (primary N) is 1. The molecule has 3 N–H and O–H groups in total. The van der Waals surface area contributed by atoms with E-state index in [9.17, 15) is 4.79 Å². The van der Waals surface area contributed by atoms with Crippen LogP contribution in [0.3, 0.4) is 0 Å². The number of carbonyl (C=O) groups is 1. The van der Waals surface area contributed by atoms with Crippen LogP contribution in [0.25, 0.3) is 0 Å². The number of aliphatic carboxylic acids is 1. The highest BCUT2D eigenvalue weighted by molar-refractivity contribution is 5.66. The minimum absolute atomic E-state index is 0.0860. The summed E-state index contributed by atoms with van der Waals surface area (Å²) in [7, 11) is 1.68. The van der Waals surface area contributed by atoms with Gasteiger partial charge >= 0.3 is 5.97 Å². The first-order valence-electron chi connectivity index (χ1n) is 6.43. The van der Waals surface area contributed by atoms with Crippen molar-refractivity contribution in [3.8, 4) is 0 Å². The first-order chi connectivity index (χ1) is 8.86. The standard InChI is InChI=1S/C15H23NO3/c1-15(2,10-19-3)12-6-4-5-11(9-12)13(16)7-8-14(17)18/h4-6,9,13H,7-8,10,16H2,1-3H3,(H,17,18). The van der Waals surface area contributed by atoms with Crippen molar-refractivity contribution in [2.45, 2.75) is 38.1 Å². The van der Waals surface area contributed by atoms with Gasteiger partial charge in [-0.05, 0) is 17.5 Å². The summed E-state index contributed by atoms with van der Waals surface area (Å²) in [6.45, 7) is 4.84. The maximum Gasteiger partial charge on any atom is 0.303 e. The first kappa shape index (κ1) is 15.7. The van der Waals surface area contributed by atoms with Gasteiger partial charge in [0.05, 0.1) is 6.61 Å². The summed E-state index contributed by atoms with van der Waals surface area (Å²) in [4.78, 5) is 10.6. The molecule has 0 heterocycles. The summed E-state index contributed by atoms with van der Waals surface area (Å²) in [5, 5.41) is 8.69.